The summed E-state index contributed by atoms with van der Waals surface area (Å²) in [5, 5.41) is 10.3. The van der Waals surface area contributed by atoms with Crippen LogP contribution in [-0.4, -0.2) is 36.0 Å². The molecule has 1 saturated heterocycles. The molecule has 1 aliphatic rings. The van der Waals surface area contributed by atoms with E-state index >= 15 is 0 Å². The molecule has 6 heteroatoms. The molecule has 5 nitrogen and oxygen atoms in total. The number of thioether (sulfide) groups is 1. The Kier molecular flexibility index (Phi) is 8.12. The summed E-state index contributed by atoms with van der Waals surface area (Å²) in [7, 11) is 0. The van der Waals surface area contributed by atoms with Gasteiger partial charge in [0.25, 0.3) is 0 Å². The molecule has 0 saturated carbocycles. The highest BCUT2D eigenvalue weighted by molar-refractivity contribution is 8.00. The van der Waals surface area contributed by atoms with Gasteiger partial charge in [0.15, 0.2) is 5.96 Å². The lowest BCUT2D eigenvalue weighted by atomic mass is 10.2. The number of benzene rings is 1. The Balaban J connectivity index is 1.86. The van der Waals surface area contributed by atoms with Crippen LogP contribution in [0.15, 0.2) is 29.3 Å². The van der Waals surface area contributed by atoms with Gasteiger partial charge in [-0.3, -0.25) is 4.79 Å². The molecule has 0 spiro atoms. The van der Waals surface area contributed by atoms with Crippen LogP contribution in [0.5, 0.6) is 0 Å². The van der Waals surface area contributed by atoms with Crippen LogP contribution in [0.3, 0.4) is 0 Å². The maximum atomic E-state index is 11.7. The summed E-state index contributed by atoms with van der Waals surface area (Å²) >= 11 is 2.05. The van der Waals surface area contributed by atoms with Gasteiger partial charge >= 0.3 is 0 Å². The second-order valence-corrected chi connectivity index (χ2v) is 7.96. The fourth-order valence-corrected chi connectivity index (χ4v) is 3.71. The van der Waals surface area contributed by atoms with Crippen LogP contribution in [0.2, 0.25) is 0 Å². The monoisotopic (exact) mass is 362 g/mol. The molecule has 1 heterocycles. The molecule has 0 radical (unpaired) electrons. The van der Waals surface area contributed by atoms with Gasteiger partial charge in [0.1, 0.15) is 0 Å². The topological polar surface area (TPSA) is 65.5 Å². The molecule has 0 bridgehead atoms. The first-order chi connectivity index (χ1) is 12.1. The van der Waals surface area contributed by atoms with Crippen molar-refractivity contribution in [3.63, 3.8) is 0 Å². The predicted octanol–water partition coefficient (Wildman–Crippen LogP) is 3.23. The highest BCUT2D eigenvalue weighted by Crippen LogP contribution is 2.25. The zero-order valence-corrected chi connectivity index (χ0v) is 16.3. The van der Waals surface area contributed by atoms with Gasteiger partial charge in [-0.15, -0.1) is 0 Å². The second kappa shape index (κ2) is 10.3. The summed E-state index contributed by atoms with van der Waals surface area (Å²) in [6, 6.07) is 7.88. The highest BCUT2D eigenvalue weighted by Gasteiger charge is 2.15. The molecule has 1 unspecified atom stereocenters. The van der Waals surface area contributed by atoms with Crippen molar-refractivity contribution >= 4 is 29.3 Å². The van der Waals surface area contributed by atoms with Crippen molar-refractivity contribution in [3.8, 4) is 0 Å². The Labute approximate surface area is 155 Å². The second-order valence-electron chi connectivity index (χ2n) is 6.55. The first kappa shape index (κ1) is 19.6. The van der Waals surface area contributed by atoms with E-state index in [4.69, 9.17) is 0 Å². The summed E-state index contributed by atoms with van der Waals surface area (Å²) in [5.41, 5.74) is 1.95. The average molecular weight is 363 g/mol. The summed E-state index contributed by atoms with van der Waals surface area (Å²) in [5.74, 6) is 2.16. The molecule has 0 aliphatic carbocycles. The van der Waals surface area contributed by atoms with Gasteiger partial charge in [0, 0.05) is 29.9 Å². The van der Waals surface area contributed by atoms with Crippen LogP contribution in [0.25, 0.3) is 0 Å². The van der Waals surface area contributed by atoms with E-state index in [1.165, 1.54) is 18.6 Å². The summed E-state index contributed by atoms with van der Waals surface area (Å²) in [6.07, 6.45) is 2.62. The smallest absolute Gasteiger partial charge is 0.226 e. The van der Waals surface area contributed by atoms with Crippen LogP contribution in [0.1, 0.15) is 39.2 Å². The number of carbonyl (C=O) groups excluding carboxylic acids is 1. The van der Waals surface area contributed by atoms with E-state index in [0.29, 0.717) is 11.8 Å². The van der Waals surface area contributed by atoms with E-state index in [1.54, 1.807) is 0 Å². The van der Waals surface area contributed by atoms with E-state index in [-0.39, 0.29) is 11.8 Å². The minimum absolute atomic E-state index is 0.0175. The number of anilines is 1. The molecule has 0 aromatic heterocycles. The average Bonchev–Trinajstić information content (AvgIpc) is 3.12. The molecule has 1 aromatic carbocycles. The van der Waals surface area contributed by atoms with Gasteiger partial charge in [0.05, 0.1) is 6.54 Å². The predicted molar refractivity (Wildman–Crippen MR) is 108 cm³/mol. The van der Waals surface area contributed by atoms with Gasteiger partial charge in [-0.25, -0.2) is 4.99 Å². The molecule has 1 aromatic rings. The zero-order valence-electron chi connectivity index (χ0n) is 15.5. The molecule has 1 fully saturated rings. The molecule has 1 aliphatic heterocycles. The highest BCUT2D eigenvalue weighted by atomic mass is 32.2. The number of nitrogens with zero attached hydrogens (tertiary/aromatic N) is 1. The fraction of sp³-hybridized carbons (Fsp3) is 0.579. The lowest BCUT2D eigenvalue weighted by molar-refractivity contribution is -0.118. The summed E-state index contributed by atoms with van der Waals surface area (Å²) < 4.78 is 0. The largest absolute Gasteiger partial charge is 0.357 e. The maximum Gasteiger partial charge on any atom is 0.226 e. The quantitative estimate of drug-likeness (QED) is 0.515. The van der Waals surface area contributed by atoms with Crippen molar-refractivity contribution in [1.29, 1.82) is 0 Å². The normalized spacial score (nSPS) is 17.6. The van der Waals surface area contributed by atoms with Crippen LogP contribution in [-0.2, 0) is 11.3 Å². The molecule has 138 valence electrons. The lowest BCUT2D eigenvalue weighted by Gasteiger charge is -2.14. The van der Waals surface area contributed by atoms with Crippen molar-refractivity contribution in [1.82, 2.24) is 10.6 Å². The Morgan fingerprint density at radius 1 is 1.28 bits per heavy atom. The zero-order chi connectivity index (χ0) is 18.1. The van der Waals surface area contributed by atoms with Crippen molar-refractivity contribution < 1.29 is 4.79 Å². The van der Waals surface area contributed by atoms with Crippen LogP contribution in [0, 0.1) is 5.92 Å². The van der Waals surface area contributed by atoms with Gasteiger partial charge in [-0.1, -0.05) is 26.0 Å². The third-order valence-corrected chi connectivity index (χ3v) is 5.43. The van der Waals surface area contributed by atoms with E-state index in [1.807, 2.05) is 49.9 Å². The van der Waals surface area contributed by atoms with Crippen molar-refractivity contribution in [3.05, 3.63) is 29.8 Å². The molecule has 1 amide bonds. The van der Waals surface area contributed by atoms with Gasteiger partial charge in [-0.05, 0) is 43.2 Å². The van der Waals surface area contributed by atoms with Gasteiger partial charge in [0.2, 0.25) is 5.91 Å². The fourth-order valence-electron chi connectivity index (χ4n) is 2.51. The number of guanidine groups is 1. The van der Waals surface area contributed by atoms with Crippen LogP contribution in [0.4, 0.5) is 5.69 Å². The van der Waals surface area contributed by atoms with Crippen LogP contribution >= 0.6 is 11.8 Å². The Hall–Kier alpha value is -1.69. The molecular formula is C19H30N4OS. The maximum absolute atomic E-state index is 11.7. The molecular weight excluding hydrogens is 332 g/mol. The van der Waals surface area contributed by atoms with Gasteiger partial charge in [-0.2, -0.15) is 11.8 Å². The third kappa shape index (κ3) is 6.98. The minimum atomic E-state index is -0.0175. The molecule has 25 heavy (non-hydrogen) atoms. The van der Waals surface area contributed by atoms with Crippen molar-refractivity contribution in [2.45, 2.75) is 45.4 Å². The third-order valence-electron chi connectivity index (χ3n) is 4.03. The summed E-state index contributed by atoms with van der Waals surface area (Å²) in [4.78, 5) is 16.4. The summed E-state index contributed by atoms with van der Waals surface area (Å²) in [6.45, 7) is 8.29. The molecule has 3 N–H and O–H groups in total. The Morgan fingerprint density at radius 3 is 2.64 bits per heavy atom. The number of amides is 1. The van der Waals surface area contributed by atoms with Crippen LogP contribution < -0.4 is 16.0 Å². The Bertz CT molecular complexity index is 565. The SMILES string of the molecule is CCNC(=NCc1ccc(NC(=O)C(C)C)cc1)NCC1CCCS1. The Morgan fingerprint density at radius 2 is 2.04 bits per heavy atom. The number of nitrogens with one attached hydrogen (secondary N) is 3. The van der Waals surface area contributed by atoms with Crippen molar-refractivity contribution in [2.75, 3.05) is 24.2 Å². The number of hydrogen-bond donors (Lipinski definition) is 3. The van der Waals surface area contributed by atoms with Gasteiger partial charge < -0.3 is 16.0 Å². The number of aliphatic imine (C=N–C) groups is 1. The number of hydrogen-bond acceptors (Lipinski definition) is 3. The van der Waals surface area contributed by atoms with E-state index in [2.05, 4.69) is 27.9 Å². The molecule has 2 rings (SSSR count). The lowest BCUT2D eigenvalue weighted by Crippen LogP contribution is -2.40. The first-order valence-corrected chi connectivity index (χ1v) is 10.2. The molecule has 1 atom stereocenters. The van der Waals surface area contributed by atoms with E-state index < -0.39 is 0 Å². The first-order valence-electron chi connectivity index (χ1n) is 9.12. The van der Waals surface area contributed by atoms with Crippen molar-refractivity contribution in [2.24, 2.45) is 10.9 Å². The number of rotatable bonds is 7. The number of carbonyl (C=O) groups is 1. The minimum Gasteiger partial charge on any atom is -0.357 e. The standard InChI is InChI=1S/C19H30N4OS/c1-4-20-19(22-13-17-6-5-11-25-17)21-12-15-7-9-16(10-8-15)23-18(24)14(2)3/h7-10,14,17H,4-6,11-13H2,1-3H3,(H,23,24)(H2,20,21,22). The van der Waals surface area contributed by atoms with E-state index in [0.717, 1.165) is 30.3 Å². The van der Waals surface area contributed by atoms with E-state index in [9.17, 15) is 4.79 Å².